The fourth-order valence-corrected chi connectivity index (χ4v) is 3.86. The zero-order chi connectivity index (χ0) is 33.0. The van der Waals surface area contributed by atoms with Crippen LogP contribution < -0.4 is 32.1 Å². The molecule has 1 aromatic heterocycles. The molecule has 2 amide bonds. The molecule has 0 saturated heterocycles. The number of hydrogen-bond donors (Lipinski definition) is 7. The Labute approximate surface area is 253 Å². The molecule has 17 heteroatoms. The highest BCUT2D eigenvalue weighted by atomic mass is 16.5. The number of carboxylic acids is 2. The van der Waals surface area contributed by atoms with Crippen molar-refractivity contribution in [2.45, 2.75) is 31.8 Å². The third-order valence-corrected chi connectivity index (χ3v) is 6.19. The molecule has 0 spiro atoms. The summed E-state index contributed by atoms with van der Waals surface area (Å²) in [5.41, 5.74) is 5.84. The second kappa shape index (κ2) is 15.9. The van der Waals surface area contributed by atoms with Gasteiger partial charge in [0.25, 0.3) is 11.5 Å². The average molecular weight is 620 g/mol. The van der Waals surface area contributed by atoms with E-state index in [0.29, 0.717) is 25.2 Å². The highest BCUT2D eigenvalue weighted by Gasteiger charge is 2.30. The van der Waals surface area contributed by atoms with Crippen LogP contribution in [0.15, 0.2) is 29.1 Å². The molecule has 2 atom stereocenters. The summed E-state index contributed by atoms with van der Waals surface area (Å²) in [5.74, 6) is -3.20. The van der Waals surface area contributed by atoms with Crippen LogP contribution in [-0.2, 0) is 23.9 Å². The summed E-state index contributed by atoms with van der Waals surface area (Å²) in [6.45, 7) is 3.37. The van der Waals surface area contributed by atoms with Gasteiger partial charge in [0.15, 0.2) is 11.5 Å². The van der Waals surface area contributed by atoms with Gasteiger partial charge in [0, 0.05) is 37.7 Å². The number of carboxylic acid groups (broad SMARTS) is 2. The predicted molar refractivity (Wildman–Crippen MR) is 160 cm³/mol. The lowest BCUT2D eigenvalue weighted by Gasteiger charge is -2.34. The number of quaternary nitrogens is 1. The number of nitrogen functional groups attached to an aromatic ring is 1. The first kappa shape index (κ1) is 35.0. The molecule has 0 saturated carbocycles. The van der Waals surface area contributed by atoms with E-state index in [1.165, 1.54) is 24.0 Å². The van der Waals surface area contributed by atoms with Gasteiger partial charge in [-0.2, -0.15) is 4.98 Å². The molecule has 1 aromatic carbocycles. The number of anilines is 4. The zero-order valence-corrected chi connectivity index (χ0v) is 25.0. The summed E-state index contributed by atoms with van der Waals surface area (Å²) >= 11 is 0. The maximum atomic E-state index is 12.3. The number of nitrogens with zero attached hydrogens (tertiary/aromatic N) is 3. The van der Waals surface area contributed by atoms with Gasteiger partial charge in [-0.05, 0) is 30.7 Å². The van der Waals surface area contributed by atoms with Crippen LogP contribution in [0.1, 0.15) is 30.1 Å². The van der Waals surface area contributed by atoms with Gasteiger partial charge in [0.1, 0.15) is 19.2 Å². The van der Waals surface area contributed by atoms with E-state index < -0.39 is 41.9 Å². The van der Waals surface area contributed by atoms with Crippen molar-refractivity contribution in [3.8, 4) is 0 Å². The number of ether oxygens (including phenoxy) is 1. The number of fused-ring (bicyclic) bond motifs is 1. The van der Waals surface area contributed by atoms with E-state index in [1.807, 2.05) is 0 Å². The van der Waals surface area contributed by atoms with E-state index in [2.05, 4.69) is 47.1 Å². The van der Waals surface area contributed by atoms with Gasteiger partial charge in [-0.1, -0.05) is 0 Å². The van der Waals surface area contributed by atoms with E-state index in [4.69, 9.17) is 15.6 Å². The second-order valence-corrected chi connectivity index (χ2v) is 10.8. The van der Waals surface area contributed by atoms with Crippen molar-refractivity contribution in [1.29, 1.82) is 0 Å². The van der Waals surface area contributed by atoms with Crippen molar-refractivity contribution in [3.63, 3.8) is 0 Å². The van der Waals surface area contributed by atoms with Crippen molar-refractivity contribution in [3.05, 3.63) is 40.2 Å². The first-order valence-electron chi connectivity index (χ1n) is 13.5. The molecule has 44 heavy (non-hydrogen) atoms. The van der Waals surface area contributed by atoms with Gasteiger partial charge in [-0.3, -0.25) is 29.0 Å². The topological polar surface area (TPSA) is 246 Å². The molecule has 8 N–H and O–H groups in total. The molecule has 1 aliphatic heterocycles. The quantitative estimate of drug-likeness (QED) is 0.0852. The normalized spacial score (nSPS) is 14.5. The Balaban J connectivity index is 0.000000580. The predicted octanol–water partition coefficient (Wildman–Crippen LogP) is -0.475. The van der Waals surface area contributed by atoms with Crippen molar-refractivity contribution >= 4 is 53.4 Å². The Bertz CT molecular complexity index is 1390. The van der Waals surface area contributed by atoms with Crippen LogP contribution in [0.2, 0.25) is 0 Å². The van der Waals surface area contributed by atoms with Crippen molar-refractivity contribution < 1.29 is 43.4 Å². The standard InChI is InChI=1S/C20H23N7O7.C7H16NO2/c21-20-25-16-15(18(32)26-20)27(9-28)12(8-23-16)7-22-11-3-1-10(2-4-11)17(31)24-13(19(33)34)5-6-14(29)30;1-7(9)10-6-5-8(2,3)4/h1-4,9,12-13,22H,5-8H2,(H,24,31)(H,29,30)(H,33,34)(H4,21,23,25,26,32);5-6H2,1-4H3/q;+1/t12-,13?;/m0./s1. The number of amides is 2. The van der Waals surface area contributed by atoms with Crippen LogP contribution >= 0.6 is 0 Å². The number of H-pyrrole nitrogens is 1. The molecule has 0 aliphatic carbocycles. The molecule has 2 aromatic rings. The fraction of sp³-hybridized carbons (Fsp3) is 0.444. The number of benzene rings is 1. The zero-order valence-electron chi connectivity index (χ0n) is 25.0. The first-order chi connectivity index (χ1) is 20.6. The van der Waals surface area contributed by atoms with Crippen LogP contribution in [0.25, 0.3) is 0 Å². The third-order valence-electron chi connectivity index (χ3n) is 6.19. The smallest absolute Gasteiger partial charge is 0.326 e. The number of likely N-dealkylation sites (N-methyl/N-ethyl adjacent to an activating group) is 1. The number of rotatable bonds is 13. The number of hydrogen-bond acceptors (Lipinski definition) is 11. The molecular formula is C27H39N8O9+. The number of aromatic nitrogens is 2. The highest BCUT2D eigenvalue weighted by molar-refractivity contribution is 5.97. The molecule has 3 rings (SSSR count). The largest absolute Gasteiger partial charge is 0.481 e. The summed E-state index contributed by atoms with van der Waals surface area (Å²) in [6, 6.07) is 4.36. The van der Waals surface area contributed by atoms with Crippen molar-refractivity contribution in [2.24, 2.45) is 0 Å². The second-order valence-electron chi connectivity index (χ2n) is 10.8. The maximum Gasteiger partial charge on any atom is 0.326 e. The van der Waals surface area contributed by atoms with E-state index in [9.17, 15) is 33.9 Å². The Morgan fingerprint density at radius 3 is 2.41 bits per heavy atom. The van der Waals surface area contributed by atoms with Crippen LogP contribution in [-0.4, -0.2) is 114 Å². The number of aromatic amines is 1. The fourth-order valence-electron chi connectivity index (χ4n) is 3.86. The van der Waals surface area contributed by atoms with Crippen LogP contribution in [0.3, 0.4) is 0 Å². The van der Waals surface area contributed by atoms with Gasteiger partial charge >= 0.3 is 17.9 Å². The van der Waals surface area contributed by atoms with Gasteiger partial charge < -0.3 is 46.0 Å². The molecule has 1 aliphatic rings. The number of esters is 1. The van der Waals surface area contributed by atoms with Gasteiger partial charge in [0.05, 0.1) is 27.2 Å². The van der Waals surface area contributed by atoms with E-state index >= 15 is 0 Å². The Morgan fingerprint density at radius 1 is 1.20 bits per heavy atom. The summed E-state index contributed by atoms with van der Waals surface area (Å²) in [6.07, 6.45) is -0.101. The van der Waals surface area contributed by atoms with Gasteiger partial charge in [-0.15, -0.1) is 0 Å². The SMILES string of the molecule is CC(=O)OCC[N+](C)(C)C.Nc1nc2c(c(=O)[nH]1)N(C=O)[C@@H](CNc1ccc(C(=O)NC(CCC(=O)O)C(=O)O)cc1)CN2. The lowest BCUT2D eigenvalue weighted by Crippen LogP contribution is -2.50. The summed E-state index contributed by atoms with van der Waals surface area (Å²) in [4.78, 5) is 76.0. The maximum absolute atomic E-state index is 12.3. The summed E-state index contributed by atoms with van der Waals surface area (Å²) in [7, 11) is 6.18. The Hall–Kier alpha value is -5.19. The van der Waals surface area contributed by atoms with Crippen LogP contribution in [0, 0.1) is 0 Å². The van der Waals surface area contributed by atoms with E-state index in [1.54, 1.807) is 12.1 Å². The molecule has 0 fully saturated rings. The first-order valence-corrected chi connectivity index (χ1v) is 13.5. The molecule has 0 radical (unpaired) electrons. The van der Waals surface area contributed by atoms with E-state index in [-0.39, 0.29) is 42.0 Å². The number of carbonyl (C=O) groups is 5. The number of carbonyl (C=O) groups excluding carboxylic acids is 3. The Morgan fingerprint density at radius 2 is 1.86 bits per heavy atom. The van der Waals surface area contributed by atoms with Crippen LogP contribution in [0.4, 0.5) is 23.1 Å². The Kier molecular flexibility index (Phi) is 12.6. The minimum absolute atomic E-state index is 0.0603. The molecule has 0 bridgehead atoms. The van der Waals surface area contributed by atoms with E-state index in [0.717, 1.165) is 11.0 Å². The lowest BCUT2D eigenvalue weighted by molar-refractivity contribution is -0.870. The minimum atomic E-state index is -1.33. The average Bonchev–Trinajstić information content (AvgIpc) is 2.93. The van der Waals surface area contributed by atoms with Gasteiger partial charge in [-0.25, -0.2) is 4.79 Å². The molecule has 17 nitrogen and oxygen atoms in total. The third kappa shape index (κ3) is 11.2. The summed E-state index contributed by atoms with van der Waals surface area (Å²) < 4.78 is 5.59. The lowest BCUT2D eigenvalue weighted by atomic mass is 10.1. The minimum Gasteiger partial charge on any atom is -0.481 e. The number of nitrogens with one attached hydrogen (secondary N) is 4. The van der Waals surface area contributed by atoms with Crippen molar-refractivity contribution in [1.82, 2.24) is 15.3 Å². The molecule has 2 heterocycles. The monoisotopic (exact) mass is 619 g/mol. The number of nitrogens with two attached hydrogens (primary N) is 1. The van der Waals surface area contributed by atoms with Gasteiger partial charge in [0.2, 0.25) is 12.4 Å². The van der Waals surface area contributed by atoms with Crippen molar-refractivity contribution in [2.75, 3.05) is 68.7 Å². The summed E-state index contributed by atoms with van der Waals surface area (Å²) in [5, 5.41) is 26.3. The molecule has 1 unspecified atom stereocenters. The van der Waals surface area contributed by atoms with Crippen LogP contribution in [0.5, 0.6) is 0 Å². The molecule has 240 valence electrons. The molecular weight excluding hydrogens is 580 g/mol. The number of aliphatic carboxylic acids is 2. The highest BCUT2D eigenvalue weighted by Crippen LogP contribution is 2.25.